The lowest BCUT2D eigenvalue weighted by Gasteiger charge is -2.19. The molecule has 1 aromatic carbocycles. The van der Waals surface area contributed by atoms with Crippen LogP contribution in [0.1, 0.15) is 25.3 Å². The van der Waals surface area contributed by atoms with E-state index in [-0.39, 0.29) is 6.04 Å². The average molecular weight is 233 g/mol. The highest BCUT2D eigenvalue weighted by atomic mass is 16.5. The van der Waals surface area contributed by atoms with Crippen LogP contribution < -0.4 is 11.1 Å². The maximum atomic E-state index is 8.90. The number of methoxy groups -OCH3 is 1. The number of ether oxygens (including phenoxy) is 1. The largest absolute Gasteiger partial charge is 0.396 e. The first-order valence-electron chi connectivity index (χ1n) is 5.77. The average Bonchev–Trinajstić information content (AvgIpc) is 2.32. The molecule has 0 fully saturated rings. The van der Waals surface area contributed by atoms with Crippen molar-refractivity contribution in [1.82, 2.24) is 0 Å². The van der Waals surface area contributed by atoms with Gasteiger partial charge in [0.1, 0.15) is 6.07 Å². The molecule has 0 bridgehead atoms. The summed E-state index contributed by atoms with van der Waals surface area (Å²) >= 11 is 0. The maximum absolute atomic E-state index is 8.90. The van der Waals surface area contributed by atoms with Crippen LogP contribution in [0.25, 0.3) is 0 Å². The third-order valence-electron chi connectivity index (χ3n) is 2.59. The second-order valence-electron chi connectivity index (χ2n) is 3.96. The van der Waals surface area contributed by atoms with Crippen LogP contribution in [0.2, 0.25) is 0 Å². The van der Waals surface area contributed by atoms with Crippen LogP contribution in [0, 0.1) is 11.3 Å². The molecule has 0 radical (unpaired) electrons. The molecular weight excluding hydrogens is 214 g/mol. The fraction of sp³-hybridized carbons (Fsp3) is 0.462. The second kappa shape index (κ2) is 6.77. The van der Waals surface area contributed by atoms with Gasteiger partial charge in [0.15, 0.2) is 0 Å². The third kappa shape index (κ3) is 3.65. The molecule has 4 heteroatoms. The molecule has 4 nitrogen and oxygen atoms in total. The van der Waals surface area contributed by atoms with Crippen LogP contribution >= 0.6 is 0 Å². The van der Waals surface area contributed by atoms with E-state index < -0.39 is 0 Å². The van der Waals surface area contributed by atoms with Crippen molar-refractivity contribution in [3.05, 3.63) is 23.8 Å². The van der Waals surface area contributed by atoms with Crippen LogP contribution in [-0.4, -0.2) is 19.8 Å². The van der Waals surface area contributed by atoms with Crippen molar-refractivity contribution in [2.24, 2.45) is 0 Å². The Balaban J connectivity index is 2.82. The molecule has 1 aromatic rings. The van der Waals surface area contributed by atoms with Gasteiger partial charge in [-0.05, 0) is 18.6 Å². The molecular formula is C13H19N3O. The lowest BCUT2D eigenvalue weighted by Crippen LogP contribution is -2.25. The van der Waals surface area contributed by atoms with E-state index in [0.717, 1.165) is 18.5 Å². The van der Waals surface area contributed by atoms with Gasteiger partial charge in [-0.15, -0.1) is 0 Å². The van der Waals surface area contributed by atoms with E-state index in [9.17, 15) is 0 Å². The standard InChI is InChI=1S/C13H19N3O/c1-3-5-11(9-17-2)16-12-7-4-6-10(8-14)13(12)15/h4,6-7,11,16H,3,5,9,15H2,1-2H3. The van der Waals surface area contributed by atoms with Gasteiger partial charge in [0, 0.05) is 13.2 Å². The van der Waals surface area contributed by atoms with Crippen LogP contribution in [-0.2, 0) is 4.74 Å². The van der Waals surface area contributed by atoms with Crippen molar-refractivity contribution in [3.8, 4) is 6.07 Å². The number of nitrogens with zero attached hydrogens (tertiary/aromatic N) is 1. The normalized spacial score (nSPS) is 11.8. The number of nitrogens with one attached hydrogen (secondary N) is 1. The number of nitrogen functional groups attached to an aromatic ring is 1. The number of benzene rings is 1. The number of hydrogen-bond acceptors (Lipinski definition) is 4. The van der Waals surface area contributed by atoms with Crippen molar-refractivity contribution in [2.75, 3.05) is 24.8 Å². The predicted octanol–water partition coefficient (Wildman–Crippen LogP) is 2.37. The fourth-order valence-corrected chi connectivity index (χ4v) is 1.76. The van der Waals surface area contributed by atoms with Crippen molar-refractivity contribution in [3.63, 3.8) is 0 Å². The van der Waals surface area contributed by atoms with Crippen LogP contribution in [0.15, 0.2) is 18.2 Å². The molecule has 0 saturated carbocycles. The monoisotopic (exact) mass is 233 g/mol. The summed E-state index contributed by atoms with van der Waals surface area (Å²) in [6.07, 6.45) is 2.07. The van der Waals surface area contributed by atoms with Gasteiger partial charge in [0.25, 0.3) is 0 Å². The summed E-state index contributed by atoms with van der Waals surface area (Å²) in [7, 11) is 1.68. The van der Waals surface area contributed by atoms with Gasteiger partial charge in [0.2, 0.25) is 0 Å². The van der Waals surface area contributed by atoms with Crippen molar-refractivity contribution < 1.29 is 4.74 Å². The number of nitriles is 1. The predicted molar refractivity (Wildman–Crippen MR) is 69.8 cm³/mol. The summed E-state index contributed by atoms with van der Waals surface area (Å²) < 4.78 is 5.16. The minimum Gasteiger partial charge on any atom is -0.396 e. The Morgan fingerprint density at radius 2 is 2.29 bits per heavy atom. The summed E-state index contributed by atoms with van der Waals surface area (Å²) in [6.45, 7) is 2.75. The molecule has 0 heterocycles. The minimum atomic E-state index is 0.223. The van der Waals surface area contributed by atoms with E-state index in [1.54, 1.807) is 13.2 Å². The van der Waals surface area contributed by atoms with Crippen molar-refractivity contribution >= 4 is 11.4 Å². The zero-order chi connectivity index (χ0) is 12.7. The minimum absolute atomic E-state index is 0.223. The summed E-state index contributed by atoms with van der Waals surface area (Å²) in [5.41, 5.74) is 7.72. The molecule has 92 valence electrons. The SMILES string of the molecule is CCCC(COC)Nc1cccc(C#N)c1N. The fourth-order valence-electron chi connectivity index (χ4n) is 1.76. The van der Waals surface area contributed by atoms with Crippen LogP contribution in [0.3, 0.4) is 0 Å². The molecule has 0 spiro atoms. The molecule has 17 heavy (non-hydrogen) atoms. The molecule has 3 N–H and O–H groups in total. The topological polar surface area (TPSA) is 71.1 Å². The van der Waals surface area contributed by atoms with Gasteiger partial charge in [-0.2, -0.15) is 5.26 Å². The number of rotatable bonds is 6. The lowest BCUT2D eigenvalue weighted by molar-refractivity contribution is 0.182. The highest BCUT2D eigenvalue weighted by Crippen LogP contribution is 2.23. The lowest BCUT2D eigenvalue weighted by atomic mass is 10.1. The Bertz CT molecular complexity index is 392. The Morgan fingerprint density at radius 1 is 1.53 bits per heavy atom. The Kier molecular flexibility index (Phi) is 5.31. The zero-order valence-corrected chi connectivity index (χ0v) is 10.4. The van der Waals surface area contributed by atoms with Gasteiger partial charge < -0.3 is 15.8 Å². The van der Waals surface area contributed by atoms with E-state index in [1.807, 2.05) is 12.1 Å². The number of hydrogen-bond donors (Lipinski definition) is 2. The zero-order valence-electron chi connectivity index (χ0n) is 10.4. The molecule has 0 aromatic heterocycles. The van der Waals surface area contributed by atoms with Gasteiger partial charge in [0.05, 0.1) is 23.5 Å². The van der Waals surface area contributed by atoms with E-state index in [4.69, 9.17) is 15.7 Å². The molecule has 1 atom stereocenters. The van der Waals surface area contributed by atoms with Crippen molar-refractivity contribution in [2.45, 2.75) is 25.8 Å². The van der Waals surface area contributed by atoms with Gasteiger partial charge in [-0.1, -0.05) is 19.4 Å². The molecule has 0 aliphatic heterocycles. The van der Waals surface area contributed by atoms with Gasteiger partial charge in [-0.25, -0.2) is 0 Å². The van der Waals surface area contributed by atoms with Gasteiger partial charge in [-0.3, -0.25) is 0 Å². The maximum Gasteiger partial charge on any atom is 0.101 e. The second-order valence-corrected chi connectivity index (χ2v) is 3.96. The molecule has 0 aliphatic carbocycles. The number of anilines is 2. The molecule has 1 unspecified atom stereocenters. The van der Waals surface area contributed by atoms with Crippen LogP contribution in [0.5, 0.6) is 0 Å². The quantitative estimate of drug-likeness (QED) is 0.740. The summed E-state index contributed by atoms with van der Waals surface area (Å²) in [5.74, 6) is 0. The van der Waals surface area contributed by atoms with Crippen LogP contribution in [0.4, 0.5) is 11.4 Å². The first-order chi connectivity index (χ1) is 8.22. The highest BCUT2D eigenvalue weighted by molar-refractivity contribution is 5.73. The smallest absolute Gasteiger partial charge is 0.101 e. The highest BCUT2D eigenvalue weighted by Gasteiger charge is 2.10. The third-order valence-corrected chi connectivity index (χ3v) is 2.59. The molecule has 1 rings (SSSR count). The van der Waals surface area contributed by atoms with Crippen molar-refractivity contribution in [1.29, 1.82) is 5.26 Å². The summed E-state index contributed by atoms with van der Waals surface area (Å²) in [6, 6.07) is 7.72. The Labute approximate surface area is 102 Å². The number of nitrogens with two attached hydrogens (primary N) is 1. The summed E-state index contributed by atoms with van der Waals surface area (Å²) in [4.78, 5) is 0. The van der Waals surface area contributed by atoms with E-state index >= 15 is 0 Å². The molecule has 0 saturated heterocycles. The Hall–Kier alpha value is -1.73. The number of para-hydroxylation sites is 1. The Morgan fingerprint density at radius 3 is 2.88 bits per heavy atom. The first-order valence-corrected chi connectivity index (χ1v) is 5.77. The summed E-state index contributed by atoms with van der Waals surface area (Å²) in [5, 5.41) is 12.2. The van der Waals surface area contributed by atoms with E-state index in [2.05, 4.69) is 18.3 Å². The first kappa shape index (κ1) is 13.3. The van der Waals surface area contributed by atoms with Gasteiger partial charge >= 0.3 is 0 Å². The van der Waals surface area contributed by atoms with E-state index in [0.29, 0.717) is 17.9 Å². The molecule has 0 amide bonds. The van der Waals surface area contributed by atoms with E-state index in [1.165, 1.54) is 0 Å². The molecule has 0 aliphatic rings.